The molecule has 0 spiro atoms. The highest BCUT2D eigenvalue weighted by Crippen LogP contribution is 2.43. The first-order valence-electron chi connectivity index (χ1n) is 9.59. The number of hydrogen-bond acceptors (Lipinski definition) is 4. The van der Waals surface area contributed by atoms with Crippen LogP contribution >= 0.6 is 0 Å². The van der Waals surface area contributed by atoms with Crippen molar-refractivity contribution in [2.24, 2.45) is 0 Å². The molecule has 0 radical (unpaired) electrons. The Bertz CT molecular complexity index is 960. The summed E-state index contributed by atoms with van der Waals surface area (Å²) in [6.45, 7) is 3.60. The number of halogens is 3. The van der Waals surface area contributed by atoms with E-state index in [1.54, 1.807) is 26.1 Å². The standard InChI is InChI=1S/C21H23F3N2O3/c1-3-29-19(28)17-18(27)14(2)12-26(25-17)13-20(9-4-5-10-20)15-7-6-8-16(11-15)21(22,23)24/h6-8,11-12H,3-5,9-10,13H2,1-2H3. The second kappa shape index (κ2) is 8.00. The van der Waals surface area contributed by atoms with Gasteiger partial charge in [-0.05, 0) is 38.3 Å². The SMILES string of the molecule is CCOC(=O)c1nn(CC2(c3cccc(C(F)(F)F)c3)CCCC2)cc(C)c1=O. The molecule has 156 valence electrons. The topological polar surface area (TPSA) is 61.2 Å². The van der Waals surface area contributed by atoms with Crippen LogP contribution in [0, 0.1) is 6.92 Å². The molecule has 1 aromatic heterocycles. The molecule has 0 N–H and O–H groups in total. The molecule has 8 heteroatoms. The average molecular weight is 408 g/mol. The minimum atomic E-state index is -4.42. The van der Waals surface area contributed by atoms with Gasteiger partial charge in [0.25, 0.3) is 0 Å². The highest BCUT2D eigenvalue weighted by Gasteiger charge is 2.39. The van der Waals surface area contributed by atoms with Crippen LogP contribution in [-0.4, -0.2) is 22.4 Å². The molecule has 3 rings (SSSR count). The summed E-state index contributed by atoms with van der Waals surface area (Å²) in [6, 6.07) is 5.40. The normalized spacial score (nSPS) is 16.0. The Kier molecular flexibility index (Phi) is 5.82. The van der Waals surface area contributed by atoms with E-state index in [2.05, 4.69) is 5.10 Å². The first kappa shape index (κ1) is 21.1. The predicted octanol–water partition coefficient (Wildman–Crippen LogP) is 4.26. The molecule has 0 atom stereocenters. The maximum atomic E-state index is 13.2. The highest BCUT2D eigenvalue weighted by atomic mass is 19.4. The van der Waals surface area contributed by atoms with Gasteiger partial charge < -0.3 is 4.74 Å². The second-order valence-electron chi connectivity index (χ2n) is 7.47. The molecular formula is C21H23F3N2O3. The summed E-state index contributed by atoms with van der Waals surface area (Å²) in [7, 11) is 0. The van der Waals surface area contributed by atoms with E-state index >= 15 is 0 Å². The van der Waals surface area contributed by atoms with Crippen LogP contribution in [0.5, 0.6) is 0 Å². The van der Waals surface area contributed by atoms with Gasteiger partial charge in [-0.1, -0.05) is 31.0 Å². The van der Waals surface area contributed by atoms with Gasteiger partial charge in [-0.3, -0.25) is 9.48 Å². The molecule has 0 unspecified atom stereocenters. The van der Waals surface area contributed by atoms with Crippen LogP contribution in [0.15, 0.2) is 35.3 Å². The fourth-order valence-corrected chi connectivity index (χ4v) is 4.01. The number of carbonyl (C=O) groups excluding carboxylic acids is 1. The van der Waals surface area contributed by atoms with Gasteiger partial charge >= 0.3 is 12.1 Å². The van der Waals surface area contributed by atoms with Crippen LogP contribution in [0.2, 0.25) is 0 Å². The van der Waals surface area contributed by atoms with Crippen LogP contribution < -0.4 is 5.43 Å². The summed E-state index contributed by atoms with van der Waals surface area (Å²) in [4.78, 5) is 24.4. The molecule has 1 aromatic carbocycles. The zero-order valence-corrected chi connectivity index (χ0v) is 16.4. The molecule has 1 heterocycles. The van der Waals surface area contributed by atoms with Crippen molar-refractivity contribution >= 4 is 5.97 Å². The van der Waals surface area contributed by atoms with Gasteiger partial charge in [-0.2, -0.15) is 18.3 Å². The van der Waals surface area contributed by atoms with Crippen molar-refractivity contribution in [3.05, 3.63) is 63.1 Å². The molecule has 0 amide bonds. The minimum Gasteiger partial charge on any atom is -0.461 e. The molecule has 0 aliphatic heterocycles. The van der Waals surface area contributed by atoms with E-state index in [0.717, 1.165) is 18.9 Å². The van der Waals surface area contributed by atoms with E-state index in [1.807, 2.05) is 0 Å². The molecule has 0 saturated heterocycles. The zero-order valence-electron chi connectivity index (χ0n) is 16.4. The number of nitrogens with zero attached hydrogens (tertiary/aromatic N) is 2. The largest absolute Gasteiger partial charge is 0.461 e. The summed E-state index contributed by atoms with van der Waals surface area (Å²) in [6.07, 6.45) is 0.309. The third kappa shape index (κ3) is 4.36. The number of aryl methyl sites for hydroxylation is 1. The van der Waals surface area contributed by atoms with Crippen LogP contribution in [0.1, 0.15) is 59.8 Å². The van der Waals surface area contributed by atoms with Crippen LogP contribution in [0.4, 0.5) is 13.2 Å². The van der Waals surface area contributed by atoms with Gasteiger partial charge in [0.15, 0.2) is 0 Å². The Morgan fingerprint density at radius 1 is 1.28 bits per heavy atom. The molecule has 2 aromatic rings. The average Bonchev–Trinajstić information content (AvgIpc) is 3.14. The molecule has 29 heavy (non-hydrogen) atoms. The van der Waals surface area contributed by atoms with E-state index in [9.17, 15) is 22.8 Å². The highest BCUT2D eigenvalue weighted by molar-refractivity contribution is 5.87. The predicted molar refractivity (Wildman–Crippen MR) is 101 cm³/mol. The van der Waals surface area contributed by atoms with Crippen LogP contribution in [0.25, 0.3) is 0 Å². The third-order valence-corrected chi connectivity index (χ3v) is 5.44. The van der Waals surface area contributed by atoms with E-state index in [1.165, 1.54) is 16.8 Å². The summed E-state index contributed by atoms with van der Waals surface area (Å²) in [5, 5.41) is 4.16. The summed E-state index contributed by atoms with van der Waals surface area (Å²) in [5.74, 6) is -0.797. The van der Waals surface area contributed by atoms with E-state index in [-0.39, 0.29) is 18.8 Å². The Labute approximate surface area is 166 Å². The monoisotopic (exact) mass is 408 g/mol. The Balaban J connectivity index is 2.02. The maximum Gasteiger partial charge on any atom is 0.416 e. The number of rotatable bonds is 5. The summed E-state index contributed by atoms with van der Waals surface area (Å²) in [5.41, 5.74) is -1.09. The van der Waals surface area contributed by atoms with Crippen molar-refractivity contribution < 1.29 is 22.7 Å². The smallest absolute Gasteiger partial charge is 0.416 e. The fourth-order valence-electron chi connectivity index (χ4n) is 4.01. The summed E-state index contributed by atoms with van der Waals surface area (Å²) >= 11 is 0. The molecule has 1 aliphatic rings. The Morgan fingerprint density at radius 2 is 1.97 bits per heavy atom. The van der Waals surface area contributed by atoms with E-state index in [0.29, 0.717) is 24.0 Å². The molecule has 1 fully saturated rings. The minimum absolute atomic E-state index is 0.113. The lowest BCUT2D eigenvalue weighted by atomic mass is 9.78. The first-order chi connectivity index (χ1) is 13.7. The van der Waals surface area contributed by atoms with Gasteiger partial charge in [0.1, 0.15) is 0 Å². The van der Waals surface area contributed by atoms with Crippen molar-refractivity contribution in [1.82, 2.24) is 9.78 Å². The number of benzene rings is 1. The number of ether oxygens (including phenoxy) is 1. The van der Waals surface area contributed by atoms with Gasteiger partial charge in [-0.15, -0.1) is 0 Å². The Hall–Kier alpha value is -2.64. The number of aromatic nitrogens is 2. The Morgan fingerprint density at radius 3 is 2.59 bits per heavy atom. The lowest BCUT2D eigenvalue weighted by Gasteiger charge is -2.31. The van der Waals surface area contributed by atoms with Gasteiger partial charge in [-0.25, -0.2) is 4.79 Å². The number of carbonyl (C=O) groups is 1. The van der Waals surface area contributed by atoms with Gasteiger partial charge in [0.2, 0.25) is 11.1 Å². The van der Waals surface area contributed by atoms with Gasteiger partial charge in [0, 0.05) is 17.2 Å². The molecule has 1 aliphatic carbocycles. The van der Waals surface area contributed by atoms with Crippen molar-refractivity contribution in [2.45, 2.75) is 57.7 Å². The van der Waals surface area contributed by atoms with Crippen molar-refractivity contribution in [1.29, 1.82) is 0 Å². The number of alkyl halides is 3. The quantitative estimate of drug-likeness (QED) is 0.694. The molecular weight excluding hydrogens is 385 g/mol. The molecule has 1 saturated carbocycles. The van der Waals surface area contributed by atoms with Crippen LogP contribution in [-0.2, 0) is 22.9 Å². The third-order valence-electron chi connectivity index (χ3n) is 5.44. The molecule has 0 bridgehead atoms. The maximum absolute atomic E-state index is 13.2. The number of hydrogen-bond donors (Lipinski definition) is 0. The van der Waals surface area contributed by atoms with E-state index < -0.39 is 28.6 Å². The zero-order chi connectivity index (χ0) is 21.2. The first-order valence-corrected chi connectivity index (χ1v) is 9.59. The lowest BCUT2D eigenvalue weighted by molar-refractivity contribution is -0.137. The van der Waals surface area contributed by atoms with Crippen molar-refractivity contribution in [3.63, 3.8) is 0 Å². The summed E-state index contributed by atoms with van der Waals surface area (Å²) < 4.78 is 46.1. The fraction of sp³-hybridized carbons (Fsp3) is 0.476. The van der Waals surface area contributed by atoms with Gasteiger partial charge in [0.05, 0.1) is 18.7 Å². The lowest BCUT2D eigenvalue weighted by Crippen LogP contribution is -2.33. The number of esters is 1. The van der Waals surface area contributed by atoms with Crippen molar-refractivity contribution in [2.75, 3.05) is 6.61 Å². The molecule has 5 nitrogen and oxygen atoms in total. The van der Waals surface area contributed by atoms with Crippen LogP contribution in [0.3, 0.4) is 0 Å². The van der Waals surface area contributed by atoms with E-state index in [4.69, 9.17) is 4.74 Å². The second-order valence-corrected chi connectivity index (χ2v) is 7.47. The van der Waals surface area contributed by atoms with Crippen molar-refractivity contribution in [3.8, 4) is 0 Å².